The molecule has 7 nitrogen and oxygen atoms in total. The first-order chi connectivity index (χ1) is 9.47. The van der Waals surface area contributed by atoms with Gasteiger partial charge in [0, 0.05) is 18.8 Å². The highest BCUT2D eigenvalue weighted by Gasteiger charge is 2.03. The fourth-order valence-corrected chi connectivity index (χ4v) is 1.35. The molecule has 0 bridgehead atoms. The van der Waals surface area contributed by atoms with Gasteiger partial charge in [-0.05, 0) is 38.4 Å². The predicted molar refractivity (Wildman–Crippen MR) is 75.1 cm³/mol. The zero-order chi connectivity index (χ0) is 15.0. The van der Waals surface area contributed by atoms with E-state index in [2.05, 4.69) is 10.6 Å². The lowest BCUT2D eigenvalue weighted by Crippen LogP contribution is -2.34. The van der Waals surface area contributed by atoms with Gasteiger partial charge in [-0.1, -0.05) is 0 Å². The second kappa shape index (κ2) is 8.00. The summed E-state index contributed by atoms with van der Waals surface area (Å²) in [5.74, 6) is -0.599. The molecule has 0 fully saturated rings. The SMILES string of the molecule is CN(C)CCNC(=O)Nc1ccc(OCC(=O)O)cc1. The number of carboxylic acids is 1. The largest absolute Gasteiger partial charge is 0.482 e. The molecule has 0 aliphatic heterocycles. The number of rotatable bonds is 7. The molecular weight excluding hydrogens is 262 g/mol. The second-order valence-electron chi connectivity index (χ2n) is 4.39. The number of likely N-dealkylation sites (N-methyl/N-ethyl adjacent to an activating group) is 1. The standard InChI is InChI=1S/C13H19N3O4/c1-16(2)8-7-14-13(19)15-10-3-5-11(6-4-10)20-9-12(17)18/h3-6H,7-9H2,1-2H3,(H,17,18)(H2,14,15,19). The van der Waals surface area contributed by atoms with Gasteiger partial charge in [-0.3, -0.25) is 0 Å². The number of benzene rings is 1. The van der Waals surface area contributed by atoms with Crippen molar-refractivity contribution in [1.29, 1.82) is 0 Å². The van der Waals surface area contributed by atoms with E-state index < -0.39 is 12.6 Å². The molecule has 2 amide bonds. The minimum atomic E-state index is -1.03. The molecule has 1 aromatic rings. The van der Waals surface area contributed by atoms with Crippen molar-refractivity contribution in [3.8, 4) is 5.75 Å². The van der Waals surface area contributed by atoms with Crippen molar-refractivity contribution in [2.75, 3.05) is 39.1 Å². The number of nitrogens with one attached hydrogen (secondary N) is 2. The number of amides is 2. The number of carboxylic acid groups (broad SMARTS) is 1. The molecule has 0 aromatic heterocycles. The van der Waals surface area contributed by atoms with Crippen LogP contribution in [0.4, 0.5) is 10.5 Å². The Labute approximate surface area is 117 Å². The van der Waals surface area contributed by atoms with Crippen molar-refractivity contribution in [3.63, 3.8) is 0 Å². The van der Waals surface area contributed by atoms with Gasteiger partial charge in [0.25, 0.3) is 0 Å². The summed E-state index contributed by atoms with van der Waals surface area (Å²) in [7, 11) is 3.85. The highest BCUT2D eigenvalue weighted by atomic mass is 16.5. The van der Waals surface area contributed by atoms with Crippen LogP contribution in [-0.4, -0.2) is 55.8 Å². The number of carbonyl (C=O) groups excluding carboxylic acids is 1. The van der Waals surface area contributed by atoms with Gasteiger partial charge in [0.05, 0.1) is 0 Å². The zero-order valence-electron chi connectivity index (χ0n) is 11.5. The van der Waals surface area contributed by atoms with Gasteiger partial charge in [-0.2, -0.15) is 0 Å². The highest BCUT2D eigenvalue weighted by molar-refractivity contribution is 5.89. The number of aliphatic carboxylic acids is 1. The normalized spacial score (nSPS) is 10.2. The molecule has 110 valence electrons. The Morgan fingerprint density at radius 3 is 2.45 bits per heavy atom. The van der Waals surface area contributed by atoms with Crippen LogP contribution in [0.2, 0.25) is 0 Å². The van der Waals surface area contributed by atoms with Crippen molar-refractivity contribution in [2.45, 2.75) is 0 Å². The minimum absolute atomic E-state index is 0.286. The van der Waals surface area contributed by atoms with Crippen LogP contribution in [0.15, 0.2) is 24.3 Å². The van der Waals surface area contributed by atoms with Crippen molar-refractivity contribution in [2.24, 2.45) is 0 Å². The van der Waals surface area contributed by atoms with Crippen molar-refractivity contribution in [3.05, 3.63) is 24.3 Å². The first kappa shape index (κ1) is 15.8. The topological polar surface area (TPSA) is 90.9 Å². The third-order valence-corrected chi connectivity index (χ3v) is 2.32. The molecule has 3 N–H and O–H groups in total. The monoisotopic (exact) mass is 281 g/mol. The van der Waals surface area contributed by atoms with Crippen LogP contribution in [0.1, 0.15) is 0 Å². The molecule has 1 rings (SSSR count). The lowest BCUT2D eigenvalue weighted by Gasteiger charge is -2.11. The Hall–Kier alpha value is -2.28. The molecule has 0 spiro atoms. The zero-order valence-corrected chi connectivity index (χ0v) is 11.5. The van der Waals surface area contributed by atoms with E-state index >= 15 is 0 Å². The number of urea groups is 1. The van der Waals surface area contributed by atoms with Gasteiger partial charge in [-0.15, -0.1) is 0 Å². The van der Waals surface area contributed by atoms with E-state index in [4.69, 9.17) is 9.84 Å². The fraction of sp³-hybridized carbons (Fsp3) is 0.385. The molecule has 7 heteroatoms. The van der Waals surface area contributed by atoms with Crippen LogP contribution in [0.5, 0.6) is 5.75 Å². The van der Waals surface area contributed by atoms with Crippen molar-refractivity contribution in [1.82, 2.24) is 10.2 Å². The number of hydrogen-bond acceptors (Lipinski definition) is 4. The Morgan fingerprint density at radius 1 is 1.25 bits per heavy atom. The smallest absolute Gasteiger partial charge is 0.341 e. The third kappa shape index (κ3) is 6.60. The van der Waals surface area contributed by atoms with Gasteiger partial charge < -0.3 is 25.4 Å². The summed E-state index contributed by atoms with van der Waals surface area (Å²) in [6.07, 6.45) is 0. The predicted octanol–water partition coefficient (Wildman–Crippen LogP) is 0.833. The quantitative estimate of drug-likeness (QED) is 0.688. The van der Waals surface area contributed by atoms with Crippen LogP contribution >= 0.6 is 0 Å². The molecule has 20 heavy (non-hydrogen) atoms. The maximum Gasteiger partial charge on any atom is 0.341 e. The average molecular weight is 281 g/mol. The molecule has 0 aliphatic carbocycles. The fourth-order valence-electron chi connectivity index (χ4n) is 1.35. The van der Waals surface area contributed by atoms with Crippen LogP contribution in [-0.2, 0) is 4.79 Å². The summed E-state index contributed by atoms with van der Waals surface area (Å²) in [5, 5.41) is 13.9. The molecule has 0 heterocycles. The van der Waals surface area contributed by atoms with Crippen LogP contribution in [0.25, 0.3) is 0 Å². The van der Waals surface area contributed by atoms with Crippen molar-refractivity contribution >= 4 is 17.7 Å². The van der Waals surface area contributed by atoms with Crippen LogP contribution < -0.4 is 15.4 Å². The molecular formula is C13H19N3O4. The first-order valence-electron chi connectivity index (χ1n) is 6.11. The van der Waals surface area contributed by atoms with Gasteiger partial charge in [0.2, 0.25) is 0 Å². The molecule has 0 radical (unpaired) electrons. The summed E-state index contributed by atoms with van der Waals surface area (Å²) in [5.41, 5.74) is 0.607. The molecule has 0 saturated heterocycles. The number of ether oxygens (including phenoxy) is 1. The summed E-state index contributed by atoms with van der Waals surface area (Å²) < 4.78 is 4.99. The first-order valence-corrected chi connectivity index (χ1v) is 6.11. The maximum absolute atomic E-state index is 11.5. The van der Waals surface area contributed by atoms with Gasteiger partial charge >= 0.3 is 12.0 Å². The van der Waals surface area contributed by atoms with E-state index in [1.807, 2.05) is 19.0 Å². The van der Waals surface area contributed by atoms with Gasteiger partial charge in [0.1, 0.15) is 5.75 Å². The second-order valence-corrected chi connectivity index (χ2v) is 4.39. The molecule has 0 unspecified atom stereocenters. The Kier molecular flexibility index (Phi) is 6.31. The third-order valence-electron chi connectivity index (χ3n) is 2.32. The van der Waals surface area contributed by atoms with Crippen LogP contribution in [0, 0.1) is 0 Å². The van der Waals surface area contributed by atoms with E-state index in [0.29, 0.717) is 18.0 Å². The van der Waals surface area contributed by atoms with E-state index in [1.54, 1.807) is 24.3 Å². The van der Waals surface area contributed by atoms with E-state index in [-0.39, 0.29) is 6.03 Å². The summed E-state index contributed by atoms with van der Waals surface area (Å²) >= 11 is 0. The number of anilines is 1. The van der Waals surface area contributed by atoms with E-state index in [0.717, 1.165) is 6.54 Å². The molecule has 0 saturated carbocycles. The van der Waals surface area contributed by atoms with Crippen LogP contribution in [0.3, 0.4) is 0 Å². The average Bonchev–Trinajstić information content (AvgIpc) is 2.37. The van der Waals surface area contributed by atoms with Gasteiger partial charge in [-0.25, -0.2) is 9.59 Å². The Balaban J connectivity index is 2.37. The Morgan fingerprint density at radius 2 is 1.90 bits per heavy atom. The number of nitrogens with zero attached hydrogens (tertiary/aromatic N) is 1. The Bertz CT molecular complexity index is 445. The molecule has 1 aromatic carbocycles. The number of carbonyl (C=O) groups is 2. The molecule has 0 aliphatic rings. The minimum Gasteiger partial charge on any atom is -0.482 e. The van der Waals surface area contributed by atoms with Gasteiger partial charge in [0.15, 0.2) is 6.61 Å². The number of hydrogen-bond donors (Lipinski definition) is 3. The lowest BCUT2D eigenvalue weighted by atomic mass is 10.3. The van der Waals surface area contributed by atoms with E-state index in [1.165, 1.54) is 0 Å². The van der Waals surface area contributed by atoms with Crippen molar-refractivity contribution < 1.29 is 19.4 Å². The summed E-state index contributed by atoms with van der Waals surface area (Å²) in [4.78, 5) is 23.9. The van der Waals surface area contributed by atoms with E-state index in [9.17, 15) is 9.59 Å². The molecule has 0 atom stereocenters. The summed E-state index contributed by atoms with van der Waals surface area (Å²) in [6, 6.07) is 6.19. The highest BCUT2D eigenvalue weighted by Crippen LogP contribution is 2.15. The maximum atomic E-state index is 11.5. The lowest BCUT2D eigenvalue weighted by molar-refractivity contribution is -0.139. The summed E-state index contributed by atoms with van der Waals surface area (Å²) in [6.45, 7) is 0.922.